The van der Waals surface area contributed by atoms with Crippen molar-refractivity contribution in [3.05, 3.63) is 65.2 Å². The molecule has 0 aliphatic carbocycles. The van der Waals surface area contributed by atoms with Crippen molar-refractivity contribution >= 4 is 11.8 Å². The van der Waals surface area contributed by atoms with E-state index in [0.717, 1.165) is 12.1 Å². The Morgan fingerprint density at radius 3 is 2.24 bits per heavy atom. The number of nitrogens with one attached hydrogen (secondary N) is 2. The number of nitrogens with zero attached hydrogens (tertiary/aromatic N) is 1. The third-order valence-electron chi connectivity index (χ3n) is 4.95. The van der Waals surface area contributed by atoms with E-state index in [2.05, 4.69) is 27.7 Å². The number of benzene rings is 2. The molecule has 29 heavy (non-hydrogen) atoms. The highest BCUT2D eigenvalue weighted by Gasteiger charge is 2.12. The highest BCUT2D eigenvalue weighted by molar-refractivity contribution is 5.96. The molecule has 0 bridgehead atoms. The van der Waals surface area contributed by atoms with Crippen LogP contribution in [-0.4, -0.2) is 43.0 Å². The van der Waals surface area contributed by atoms with E-state index in [1.807, 2.05) is 19.1 Å². The summed E-state index contributed by atoms with van der Waals surface area (Å²) in [6, 6.07) is 15.2. The quantitative estimate of drug-likeness (QED) is 0.685. The molecule has 0 unspecified atom stereocenters. The zero-order chi connectivity index (χ0) is 20.5. The number of carbonyl (C=O) groups is 2. The van der Waals surface area contributed by atoms with Gasteiger partial charge in [-0.3, -0.25) is 14.5 Å². The van der Waals surface area contributed by atoms with Crippen LogP contribution in [0.25, 0.3) is 0 Å². The van der Waals surface area contributed by atoms with Gasteiger partial charge in [0, 0.05) is 18.7 Å². The smallest absolute Gasteiger partial charge is 0.251 e. The van der Waals surface area contributed by atoms with E-state index >= 15 is 0 Å². The van der Waals surface area contributed by atoms with Crippen molar-refractivity contribution in [2.24, 2.45) is 0 Å². The molecule has 6 nitrogen and oxygen atoms in total. The highest BCUT2D eigenvalue weighted by Crippen LogP contribution is 2.13. The van der Waals surface area contributed by atoms with Gasteiger partial charge in [-0.15, -0.1) is 0 Å². The minimum Gasteiger partial charge on any atom is -0.494 e. The minimum absolute atomic E-state index is 0.0565. The highest BCUT2D eigenvalue weighted by atomic mass is 16.5. The van der Waals surface area contributed by atoms with E-state index in [-0.39, 0.29) is 18.4 Å². The molecule has 0 spiro atoms. The molecule has 0 saturated carbocycles. The molecule has 2 N–H and O–H groups in total. The monoisotopic (exact) mass is 395 g/mol. The summed E-state index contributed by atoms with van der Waals surface area (Å²) in [5, 5.41) is 5.48. The van der Waals surface area contributed by atoms with Crippen molar-refractivity contribution in [3.63, 3.8) is 0 Å². The normalized spacial score (nSPS) is 13.8. The van der Waals surface area contributed by atoms with Gasteiger partial charge < -0.3 is 15.4 Å². The number of rotatable bonds is 9. The van der Waals surface area contributed by atoms with Crippen molar-refractivity contribution < 1.29 is 14.3 Å². The lowest BCUT2D eigenvalue weighted by atomic mass is 10.1. The van der Waals surface area contributed by atoms with E-state index < -0.39 is 0 Å². The fraction of sp³-hybridized carbons (Fsp3) is 0.391. The van der Waals surface area contributed by atoms with Crippen molar-refractivity contribution in [3.8, 4) is 5.75 Å². The first-order valence-corrected chi connectivity index (χ1v) is 10.2. The van der Waals surface area contributed by atoms with Crippen LogP contribution in [-0.2, 0) is 17.9 Å². The largest absolute Gasteiger partial charge is 0.494 e. The molecule has 6 heteroatoms. The van der Waals surface area contributed by atoms with Gasteiger partial charge in [-0.2, -0.15) is 0 Å². The zero-order valence-corrected chi connectivity index (χ0v) is 16.9. The molecule has 2 amide bonds. The van der Waals surface area contributed by atoms with Crippen LogP contribution in [0.3, 0.4) is 0 Å². The summed E-state index contributed by atoms with van der Waals surface area (Å²) in [7, 11) is 0. The number of hydrogen-bond donors (Lipinski definition) is 2. The number of hydrogen-bond acceptors (Lipinski definition) is 4. The maximum atomic E-state index is 12.1. The maximum Gasteiger partial charge on any atom is 0.251 e. The fourth-order valence-corrected chi connectivity index (χ4v) is 3.36. The van der Waals surface area contributed by atoms with Gasteiger partial charge in [-0.1, -0.05) is 24.3 Å². The van der Waals surface area contributed by atoms with Gasteiger partial charge in [0.05, 0.1) is 13.2 Å². The van der Waals surface area contributed by atoms with Crippen LogP contribution < -0.4 is 15.4 Å². The van der Waals surface area contributed by atoms with E-state index in [9.17, 15) is 9.59 Å². The Morgan fingerprint density at radius 2 is 1.59 bits per heavy atom. The molecular weight excluding hydrogens is 366 g/mol. The first-order chi connectivity index (χ1) is 14.1. The van der Waals surface area contributed by atoms with Crippen LogP contribution in [0.15, 0.2) is 48.5 Å². The molecule has 1 heterocycles. The van der Waals surface area contributed by atoms with E-state index in [0.29, 0.717) is 24.5 Å². The van der Waals surface area contributed by atoms with Crippen LogP contribution in [0, 0.1) is 0 Å². The maximum absolute atomic E-state index is 12.1. The van der Waals surface area contributed by atoms with Crippen LogP contribution in [0.5, 0.6) is 5.75 Å². The molecular formula is C23H29N3O3. The summed E-state index contributed by atoms with van der Waals surface area (Å²) in [5.41, 5.74) is 2.83. The molecule has 0 atom stereocenters. The average Bonchev–Trinajstić information content (AvgIpc) is 3.25. The van der Waals surface area contributed by atoms with Gasteiger partial charge in [0.2, 0.25) is 5.91 Å². The molecule has 1 aliphatic heterocycles. The van der Waals surface area contributed by atoms with Crippen molar-refractivity contribution in [2.45, 2.75) is 32.9 Å². The van der Waals surface area contributed by atoms with Crippen LogP contribution >= 0.6 is 0 Å². The van der Waals surface area contributed by atoms with E-state index in [1.165, 1.54) is 31.5 Å². The summed E-state index contributed by atoms with van der Waals surface area (Å²) in [5.74, 6) is 0.216. The summed E-state index contributed by atoms with van der Waals surface area (Å²) in [6.07, 6.45) is 2.58. The van der Waals surface area contributed by atoms with Gasteiger partial charge in [0.1, 0.15) is 5.75 Å². The summed E-state index contributed by atoms with van der Waals surface area (Å²) in [4.78, 5) is 26.6. The van der Waals surface area contributed by atoms with Crippen LogP contribution in [0.1, 0.15) is 41.3 Å². The van der Waals surface area contributed by atoms with Crippen LogP contribution in [0.2, 0.25) is 0 Å². The van der Waals surface area contributed by atoms with Gasteiger partial charge in [0.15, 0.2) is 0 Å². The minimum atomic E-state index is -0.283. The molecule has 154 valence electrons. The van der Waals surface area contributed by atoms with Gasteiger partial charge in [-0.25, -0.2) is 0 Å². The first kappa shape index (κ1) is 20.9. The number of amides is 2. The summed E-state index contributed by atoms with van der Waals surface area (Å²) < 4.78 is 5.35. The van der Waals surface area contributed by atoms with Gasteiger partial charge in [0.25, 0.3) is 5.91 Å². The Kier molecular flexibility index (Phi) is 7.64. The van der Waals surface area contributed by atoms with Crippen molar-refractivity contribution in [1.29, 1.82) is 0 Å². The predicted octanol–water partition coefficient (Wildman–Crippen LogP) is 2.73. The average molecular weight is 396 g/mol. The molecule has 3 rings (SSSR count). The standard InChI is InChI=1S/C23H29N3O3/c1-2-29-21-11-9-20(10-12-21)23(28)25-16-22(27)24-15-18-5-7-19(8-6-18)17-26-13-3-4-14-26/h5-12H,2-4,13-17H2,1H3,(H,24,27)(H,25,28). The Morgan fingerprint density at radius 1 is 0.931 bits per heavy atom. The van der Waals surface area contributed by atoms with Gasteiger partial charge >= 0.3 is 0 Å². The lowest BCUT2D eigenvalue weighted by molar-refractivity contribution is -0.120. The molecule has 0 aromatic heterocycles. The summed E-state index contributed by atoms with van der Waals surface area (Å²) in [6.45, 7) is 6.22. The molecule has 1 aliphatic rings. The van der Waals surface area contributed by atoms with Crippen molar-refractivity contribution in [2.75, 3.05) is 26.2 Å². The first-order valence-electron chi connectivity index (χ1n) is 10.2. The lowest BCUT2D eigenvalue weighted by Gasteiger charge is -2.14. The number of carbonyl (C=O) groups excluding carboxylic acids is 2. The molecule has 2 aromatic carbocycles. The Hall–Kier alpha value is -2.86. The molecule has 1 fully saturated rings. The number of likely N-dealkylation sites (tertiary alicyclic amines) is 1. The Bertz CT molecular complexity index is 797. The second-order valence-electron chi connectivity index (χ2n) is 7.22. The van der Waals surface area contributed by atoms with E-state index in [1.54, 1.807) is 24.3 Å². The topological polar surface area (TPSA) is 70.7 Å². The Balaban J connectivity index is 1.38. The van der Waals surface area contributed by atoms with Crippen LogP contribution in [0.4, 0.5) is 0 Å². The molecule has 1 saturated heterocycles. The Labute approximate surface area is 172 Å². The number of ether oxygens (including phenoxy) is 1. The molecule has 2 aromatic rings. The predicted molar refractivity (Wildman–Crippen MR) is 113 cm³/mol. The SMILES string of the molecule is CCOc1ccc(C(=O)NCC(=O)NCc2ccc(CN3CCCC3)cc2)cc1. The third-order valence-corrected chi connectivity index (χ3v) is 4.95. The van der Waals surface area contributed by atoms with E-state index in [4.69, 9.17) is 4.74 Å². The fourth-order valence-electron chi connectivity index (χ4n) is 3.36. The van der Waals surface area contributed by atoms with Gasteiger partial charge in [-0.05, 0) is 68.2 Å². The summed E-state index contributed by atoms with van der Waals surface area (Å²) >= 11 is 0. The lowest BCUT2D eigenvalue weighted by Crippen LogP contribution is -2.36. The zero-order valence-electron chi connectivity index (χ0n) is 16.9. The second kappa shape index (κ2) is 10.6. The van der Waals surface area contributed by atoms with Crippen molar-refractivity contribution in [1.82, 2.24) is 15.5 Å². The second-order valence-corrected chi connectivity index (χ2v) is 7.22. The molecule has 0 radical (unpaired) electrons. The third kappa shape index (κ3) is 6.61.